The van der Waals surface area contributed by atoms with E-state index in [2.05, 4.69) is 10.6 Å². The summed E-state index contributed by atoms with van der Waals surface area (Å²) >= 11 is 0. The fourth-order valence-corrected chi connectivity index (χ4v) is 1.61. The second-order valence-electron chi connectivity index (χ2n) is 4.06. The van der Waals surface area contributed by atoms with Crippen LogP contribution in [-0.2, 0) is 4.79 Å². The number of amides is 1. The van der Waals surface area contributed by atoms with Crippen molar-refractivity contribution in [2.45, 2.75) is 12.0 Å². The number of nitrogens with one attached hydrogen (secondary N) is 2. The minimum atomic E-state index is -0.947. The van der Waals surface area contributed by atoms with Crippen LogP contribution in [-0.4, -0.2) is 29.7 Å². The van der Waals surface area contributed by atoms with Gasteiger partial charge in [-0.25, -0.2) is 4.39 Å². The van der Waals surface area contributed by atoms with Gasteiger partial charge in [0.25, 0.3) is 0 Å². The van der Waals surface area contributed by atoms with E-state index >= 15 is 0 Å². The van der Waals surface area contributed by atoms with Crippen LogP contribution in [0.3, 0.4) is 0 Å². The molecule has 16 heavy (non-hydrogen) atoms. The topological polar surface area (TPSA) is 61.4 Å². The smallest absolute Gasteiger partial charge is 0.227 e. The number of halogens is 1. The summed E-state index contributed by atoms with van der Waals surface area (Å²) in [7, 11) is 0. The van der Waals surface area contributed by atoms with Crippen LogP contribution in [0.15, 0.2) is 24.3 Å². The maximum Gasteiger partial charge on any atom is 0.227 e. The third-order valence-electron chi connectivity index (χ3n) is 2.51. The standard InChI is InChI=1S/C11H13FN2O2/c12-8-2-1-3-9(4-8)14-10(15)5-11(16)6-13-7-11/h1-4,13,16H,5-7H2,(H,14,15). The molecule has 4 nitrogen and oxygen atoms in total. The number of carbonyl (C=O) groups excluding carboxylic acids is 1. The molecule has 1 aliphatic heterocycles. The van der Waals surface area contributed by atoms with Gasteiger partial charge < -0.3 is 15.7 Å². The van der Waals surface area contributed by atoms with Crippen LogP contribution in [0.1, 0.15) is 6.42 Å². The molecule has 3 N–H and O–H groups in total. The molecule has 0 bridgehead atoms. The Kier molecular flexibility index (Phi) is 2.89. The van der Waals surface area contributed by atoms with Crippen molar-refractivity contribution in [3.8, 4) is 0 Å². The van der Waals surface area contributed by atoms with Gasteiger partial charge in [-0.15, -0.1) is 0 Å². The molecule has 2 rings (SSSR count). The number of benzene rings is 1. The maximum atomic E-state index is 12.8. The van der Waals surface area contributed by atoms with Crippen LogP contribution in [0.25, 0.3) is 0 Å². The summed E-state index contributed by atoms with van der Waals surface area (Å²) in [4.78, 5) is 11.5. The van der Waals surface area contributed by atoms with Gasteiger partial charge in [0.2, 0.25) is 5.91 Å². The van der Waals surface area contributed by atoms with E-state index in [0.29, 0.717) is 18.8 Å². The van der Waals surface area contributed by atoms with Crippen molar-refractivity contribution in [2.24, 2.45) is 0 Å². The van der Waals surface area contributed by atoms with Crippen LogP contribution in [0.4, 0.5) is 10.1 Å². The zero-order chi connectivity index (χ0) is 11.6. The predicted octanol–water partition coefficient (Wildman–Crippen LogP) is 0.489. The Morgan fingerprint density at radius 3 is 2.88 bits per heavy atom. The van der Waals surface area contributed by atoms with Crippen molar-refractivity contribution in [3.63, 3.8) is 0 Å². The van der Waals surface area contributed by atoms with Crippen LogP contribution in [0.5, 0.6) is 0 Å². The molecule has 5 heteroatoms. The number of aliphatic hydroxyl groups is 1. The van der Waals surface area contributed by atoms with E-state index < -0.39 is 11.4 Å². The van der Waals surface area contributed by atoms with Crippen molar-refractivity contribution in [3.05, 3.63) is 30.1 Å². The predicted molar refractivity (Wildman–Crippen MR) is 57.5 cm³/mol. The molecule has 0 unspecified atom stereocenters. The van der Waals surface area contributed by atoms with Crippen LogP contribution >= 0.6 is 0 Å². The molecule has 0 saturated carbocycles. The Bertz CT molecular complexity index is 405. The highest BCUT2D eigenvalue weighted by Crippen LogP contribution is 2.17. The monoisotopic (exact) mass is 224 g/mol. The van der Waals surface area contributed by atoms with Crippen LogP contribution in [0.2, 0.25) is 0 Å². The Labute approximate surface area is 92.5 Å². The lowest BCUT2D eigenvalue weighted by Crippen LogP contribution is -2.60. The van der Waals surface area contributed by atoms with Gasteiger partial charge in [0.05, 0.1) is 12.0 Å². The second kappa shape index (κ2) is 4.19. The Hall–Kier alpha value is -1.46. The van der Waals surface area contributed by atoms with E-state index in [1.807, 2.05) is 0 Å². The van der Waals surface area contributed by atoms with Gasteiger partial charge in [0.1, 0.15) is 5.82 Å². The Morgan fingerprint density at radius 2 is 2.31 bits per heavy atom. The summed E-state index contributed by atoms with van der Waals surface area (Å²) in [5.74, 6) is -0.712. The zero-order valence-corrected chi connectivity index (χ0v) is 8.66. The van der Waals surface area contributed by atoms with Gasteiger partial charge in [-0.3, -0.25) is 4.79 Å². The highest BCUT2D eigenvalue weighted by atomic mass is 19.1. The molecule has 0 spiro atoms. The van der Waals surface area contributed by atoms with Crippen molar-refractivity contribution in [2.75, 3.05) is 18.4 Å². The van der Waals surface area contributed by atoms with E-state index in [0.717, 1.165) is 0 Å². The quantitative estimate of drug-likeness (QED) is 0.700. The first-order valence-electron chi connectivity index (χ1n) is 5.06. The van der Waals surface area contributed by atoms with E-state index in [1.54, 1.807) is 6.07 Å². The summed E-state index contributed by atoms with van der Waals surface area (Å²) in [6.07, 6.45) is 0.0243. The van der Waals surface area contributed by atoms with Crippen molar-refractivity contribution < 1.29 is 14.3 Å². The SMILES string of the molecule is O=C(CC1(O)CNC1)Nc1cccc(F)c1. The summed E-state index contributed by atoms with van der Waals surface area (Å²) in [5.41, 5.74) is -0.543. The van der Waals surface area contributed by atoms with Crippen molar-refractivity contribution >= 4 is 11.6 Å². The zero-order valence-electron chi connectivity index (χ0n) is 8.66. The van der Waals surface area contributed by atoms with E-state index in [9.17, 15) is 14.3 Å². The molecule has 1 aliphatic rings. The lowest BCUT2D eigenvalue weighted by atomic mass is 9.93. The number of anilines is 1. The normalized spacial score (nSPS) is 17.6. The Balaban J connectivity index is 1.92. The fourth-order valence-electron chi connectivity index (χ4n) is 1.61. The van der Waals surface area contributed by atoms with Crippen LogP contribution in [0, 0.1) is 5.82 Å². The number of β-amino-alcohol motifs (C(OH)–C–C–N with tert-alkyl or cyclic N) is 1. The van der Waals surface area contributed by atoms with Gasteiger partial charge in [-0.2, -0.15) is 0 Å². The number of carbonyl (C=O) groups is 1. The number of rotatable bonds is 3. The second-order valence-corrected chi connectivity index (χ2v) is 4.06. The van der Waals surface area contributed by atoms with Gasteiger partial charge >= 0.3 is 0 Å². The molecule has 0 aliphatic carbocycles. The minimum Gasteiger partial charge on any atom is -0.387 e. The fraction of sp³-hybridized carbons (Fsp3) is 0.364. The molecule has 1 aromatic carbocycles. The highest BCUT2D eigenvalue weighted by Gasteiger charge is 2.36. The first kappa shape index (κ1) is 11.0. The molecule has 0 aromatic heterocycles. The summed E-state index contributed by atoms with van der Waals surface area (Å²) in [6.45, 7) is 0.840. The molecule has 0 atom stereocenters. The third kappa shape index (κ3) is 2.56. The molecule has 1 heterocycles. The van der Waals surface area contributed by atoms with Crippen molar-refractivity contribution in [1.29, 1.82) is 0 Å². The van der Waals surface area contributed by atoms with Gasteiger partial charge in [-0.05, 0) is 18.2 Å². The third-order valence-corrected chi connectivity index (χ3v) is 2.51. The van der Waals surface area contributed by atoms with Gasteiger partial charge in [0.15, 0.2) is 0 Å². The van der Waals surface area contributed by atoms with Crippen molar-refractivity contribution in [1.82, 2.24) is 5.32 Å². The van der Waals surface area contributed by atoms with Gasteiger partial charge in [-0.1, -0.05) is 6.07 Å². The molecule has 1 aromatic rings. The molecule has 1 fully saturated rings. The summed E-state index contributed by atoms with van der Waals surface area (Å²) in [6, 6.07) is 5.66. The minimum absolute atomic E-state index is 0.0243. The molecule has 0 radical (unpaired) electrons. The number of hydrogen-bond donors (Lipinski definition) is 3. The molecule has 1 saturated heterocycles. The molecule has 86 valence electrons. The van der Waals surface area contributed by atoms with E-state index in [1.165, 1.54) is 18.2 Å². The lowest BCUT2D eigenvalue weighted by molar-refractivity contribution is -0.123. The van der Waals surface area contributed by atoms with E-state index in [-0.39, 0.29) is 12.3 Å². The average molecular weight is 224 g/mol. The molecular weight excluding hydrogens is 211 g/mol. The lowest BCUT2D eigenvalue weighted by Gasteiger charge is -2.36. The largest absolute Gasteiger partial charge is 0.387 e. The average Bonchev–Trinajstić information content (AvgIpc) is 2.15. The molecular formula is C11H13FN2O2. The van der Waals surface area contributed by atoms with Gasteiger partial charge in [0, 0.05) is 18.8 Å². The first-order valence-corrected chi connectivity index (χ1v) is 5.06. The summed E-state index contributed by atoms with van der Waals surface area (Å²) in [5, 5.41) is 15.1. The highest BCUT2D eigenvalue weighted by molar-refractivity contribution is 5.91. The Morgan fingerprint density at radius 1 is 1.56 bits per heavy atom. The molecule has 1 amide bonds. The van der Waals surface area contributed by atoms with Crippen LogP contribution < -0.4 is 10.6 Å². The first-order chi connectivity index (χ1) is 7.57. The maximum absolute atomic E-state index is 12.8. The summed E-state index contributed by atoms with van der Waals surface area (Å²) < 4.78 is 12.8. The van der Waals surface area contributed by atoms with E-state index in [4.69, 9.17) is 0 Å². The number of hydrogen-bond acceptors (Lipinski definition) is 3.